The van der Waals surface area contributed by atoms with Crippen LogP contribution in [0, 0.1) is 23.6 Å². The van der Waals surface area contributed by atoms with E-state index in [9.17, 15) is 24.2 Å². The maximum atomic E-state index is 13.2. The van der Waals surface area contributed by atoms with Crippen LogP contribution in [0.2, 0.25) is 0 Å². The Labute approximate surface area is 196 Å². The van der Waals surface area contributed by atoms with Crippen molar-refractivity contribution in [3.05, 3.63) is 30.1 Å². The summed E-state index contributed by atoms with van der Waals surface area (Å²) < 4.78 is 13.2. The third-order valence-electron chi connectivity index (χ3n) is 7.73. The van der Waals surface area contributed by atoms with E-state index in [1.54, 1.807) is 12.1 Å². The number of hydrogen-bond acceptors (Lipinski definition) is 7. The smallest absolute Gasteiger partial charge is 0.321 e. The van der Waals surface area contributed by atoms with Crippen molar-refractivity contribution in [3.8, 4) is 11.4 Å². The monoisotopic (exact) mass is 472 g/mol. The third-order valence-corrected chi connectivity index (χ3v) is 7.73. The molecule has 5 rings (SSSR count). The second kappa shape index (κ2) is 9.38. The highest BCUT2D eigenvalue weighted by Crippen LogP contribution is 2.40. The molecule has 0 bridgehead atoms. The zero-order valence-electron chi connectivity index (χ0n) is 18.8. The van der Waals surface area contributed by atoms with Crippen LogP contribution in [-0.4, -0.2) is 79.0 Å². The first-order chi connectivity index (χ1) is 16.4. The van der Waals surface area contributed by atoms with E-state index in [-0.39, 0.29) is 11.9 Å². The van der Waals surface area contributed by atoms with Crippen LogP contribution in [-0.2, 0) is 9.59 Å². The average molecular weight is 473 g/mol. The van der Waals surface area contributed by atoms with Crippen LogP contribution >= 0.6 is 0 Å². The highest BCUT2D eigenvalue weighted by molar-refractivity contribution is 5.74. The summed E-state index contributed by atoms with van der Waals surface area (Å²) in [6.07, 6.45) is 4.01. The first-order valence-electron chi connectivity index (χ1n) is 11.9. The average Bonchev–Trinajstić information content (AvgIpc) is 3.47. The number of benzene rings is 1. The van der Waals surface area contributed by atoms with Crippen LogP contribution in [0.25, 0.3) is 11.4 Å². The summed E-state index contributed by atoms with van der Waals surface area (Å²) in [6, 6.07) is 4.52. The van der Waals surface area contributed by atoms with Gasteiger partial charge in [0, 0.05) is 18.7 Å². The second-order valence-electron chi connectivity index (χ2n) is 9.87. The molecule has 11 heteroatoms. The second-order valence-corrected chi connectivity index (χ2v) is 9.87. The summed E-state index contributed by atoms with van der Waals surface area (Å²) in [5, 5.41) is 35.0. The Bertz CT molecular complexity index is 1050. The Kier molecular flexibility index (Phi) is 6.30. The number of nitrogens with one attached hydrogen (secondary N) is 1. The highest BCUT2D eigenvalue weighted by atomic mass is 19.1. The fraction of sp³-hybridized carbons (Fsp3) is 0.609. The summed E-state index contributed by atoms with van der Waals surface area (Å²) >= 11 is 0. The van der Waals surface area contributed by atoms with Crippen LogP contribution in [0.4, 0.5) is 4.39 Å². The zero-order valence-corrected chi connectivity index (χ0v) is 18.8. The van der Waals surface area contributed by atoms with Crippen LogP contribution in [0.15, 0.2) is 24.3 Å². The lowest BCUT2D eigenvalue weighted by atomic mass is 9.69. The number of fused-ring (bicyclic) bond motifs is 1. The molecule has 0 spiro atoms. The van der Waals surface area contributed by atoms with E-state index < -0.39 is 24.0 Å². The number of tetrazole rings is 1. The van der Waals surface area contributed by atoms with Crippen molar-refractivity contribution < 1.29 is 24.2 Å². The molecule has 3 heterocycles. The number of aliphatic carboxylic acids is 2. The molecular formula is C23H29FN6O4. The van der Waals surface area contributed by atoms with Gasteiger partial charge in [-0.2, -0.15) is 4.80 Å². The van der Waals surface area contributed by atoms with Crippen molar-refractivity contribution in [1.29, 1.82) is 0 Å². The molecule has 2 saturated heterocycles. The minimum absolute atomic E-state index is 0.214. The Morgan fingerprint density at radius 1 is 1.06 bits per heavy atom. The summed E-state index contributed by atoms with van der Waals surface area (Å²) in [6.45, 7) is 1.92. The number of nitrogens with zero attached hydrogens (tertiary/aromatic N) is 5. The first-order valence-corrected chi connectivity index (χ1v) is 11.9. The molecule has 182 valence electrons. The van der Waals surface area contributed by atoms with Crippen LogP contribution in [0.3, 0.4) is 0 Å². The number of carboxylic acid groups (broad SMARTS) is 2. The summed E-state index contributed by atoms with van der Waals surface area (Å²) in [7, 11) is 0. The fourth-order valence-corrected chi connectivity index (χ4v) is 5.95. The summed E-state index contributed by atoms with van der Waals surface area (Å²) in [5.41, 5.74) is 0.649. The number of likely N-dealkylation sites (tertiary alicyclic amines) is 1. The highest BCUT2D eigenvalue weighted by Gasteiger charge is 2.42. The van der Waals surface area contributed by atoms with Crippen molar-refractivity contribution in [2.75, 3.05) is 19.6 Å². The normalized spacial score (nSPS) is 31.8. The van der Waals surface area contributed by atoms with Gasteiger partial charge in [-0.05, 0) is 85.9 Å². The predicted octanol–water partition coefficient (Wildman–Crippen LogP) is 1.66. The maximum absolute atomic E-state index is 13.2. The van der Waals surface area contributed by atoms with Crippen LogP contribution in [0.1, 0.15) is 38.1 Å². The standard InChI is InChI=1S/C23H29FN6O4/c24-17-5-3-14(4-6-17)21-26-28-30(27-21)18-9-20(23(33)34)29(12-18)11-13-1-2-15-10-25-19(22(31)32)8-16(15)7-13/h3-6,13,15-16,18-20,25H,1-2,7-12H2,(H,31,32)(H,33,34)/t13?,15-,16?,18-,19?,20-/m0/s1. The molecule has 0 radical (unpaired) electrons. The predicted molar refractivity (Wildman–Crippen MR) is 118 cm³/mol. The van der Waals surface area contributed by atoms with E-state index in [1.165, 1.54) is 16.9 Å². The van der Waals surface area contributed by atoms with Gasteiger partial charge in [-0.3, -0.25) is 14.5 Å². The van der Waals surface area contributed by atoms with Gasteiger partial charge >= 0.3 is 11.9 Å². The molecule has 34 heavy (non-hydrogen) atoms. The lowest BCUT2D eigenvalue weighted by Gasteiger charge is -2.42. The Morgan fingerprint density at radius 2 is 1.85 bits per heavy atom. The van der Waals surface area contributed by atoms with Gasteiger partial charge in [-0.25, -0.2) is 4.39 Å². The van der Waals surface area contributed by atoms with Gasteiger partial charge in [0.05, 0.1) is 6.04 Å². The quantitative estimate of drug-likeness (QED) is 0.574. The molecular weight excluding hydrogens is 443 g/mol. The summed E-state index contributed by atoms with van der Waals surface area (Å²) in [4.78, 5) is 26.9. The number of carboxylic acids is 2. The molecule has 2 aliphatic heterocycles. The molecule has 3 N–H and O–H groups in total. The van der Waals surface area contributed by atoms with Crippen molar-refractivity contribution in [1.82, 2.24) is 30.4 Å². The largest absolute Gasteiger partial charge is 0.480 e. The van der Waals surface area contributed by atoms with Gasteiger partial charge in [0.15, 0.2) is 0 Å². The maximum Gasteiger partial charge on any atom is 0.321 e. The minimum atomic E-state index is -0.858. The number of aromatic nitrogens is 4. The number of hydrogen-bond donors (Lipinski definition) is 3. The topological polar surface area (TPSA) is 133 Å². The number of carbonyl (C=O) groups is 2. The van der Waals surface area contributed by atoms with Crippen molar-refractivity contribution in [2.24, 2.45) is 17.8 Å². The van der Waals surface area contributed by atoms with Gasteiger partial charge in [0.1, 0.15) is 17.9 Å². The van der Waals surface area contributed by atoms with E-state index >= 15 is 0 Å². The SMILES string of the molecule is O=C(O)C1CC2CC(CN3C[C@@H](n4nnc(-c5ccc(F)cc5)n4)C[C@H]3C(=O)O)CC[C@H]2CN1. The van der Waals surface area contributed by atoms with Gasteiger partial charge in [-0.15, -0.1) is 10.2 Å². The molecule has 1 aromatic carbocycles. The molecule has 3 fully saturated rings. The molecule has 2 aromatic rings. The van der Waals surface area contributed by atoms with E-state index in [0.29, 0.717) is 55.1 Å². The number of halogens is 1. The molecule has 1 saturated carbocycles. The summed E-state index contributed by atoms with van der Waals surface area (Å²) in [5.74, 6) is -0.424. The Hall–Kier alpha value is -2.92. The van der Waals surface area contributed by atoms with Gasteiger partial charge in [0.2, 0.25) is 5.82 Å². The van der Waals surface area contributed by atoms with Gasteiger partial charge in [-0.1, -0.05) is 0 Å². The minimum Gasteiger partial charge on any atom is -0.480 e. The molecule has 6 atom stereocenters. The Balaban J connectivity index is 1.24. The Morgan fingerprint density at radius 3 is 2.59 bits per heavy atom. The molecule has 1 aliphatic carbocycles. The van der Waals surface area contributed by atoms with Crippen LogP contribution < -0.4 is 5.32 Å². The molecule has 3 aliphatic rings. The lowest BCUT2D eigenvalue weighted by Crippen LogP contribution is -2.50. The van der Waals surface area contributed by atoms with E-state index in [4.69, 9.17) is 0 Å². The molecule has 1 aromatic heterocycles. The zero-order chi connectivity index (χ0) is 23.8. The van der Waals surface area contributed by atoms with Crippen molar-refractivity contribution >= 4 is 11.9 Å². The van der Waals surface area contributed by atoms with Crippen molar-refractivity contribution in [3.63, 3.8) is 0 Å². The van der Waals surface area contributed by atoms with Crippen molar-refractivity contribution in [2.45, 2.75) is 50.2 Å². The van der Waals surface area contributed by atoms with E-state index in [1.807, 2.05) is 4.90 Å². The molecule has 3 unspecified atom stereocenters. The lowest BCUT2D eigenvalue weighted by molar-refractivity contribution is -0.143. The first kappa shape index (κ1) is 22.9. The molecule has 0 amide bonds. The van der Waals surface area contributed by atoms with E-state index in [0.717, 1.165) is 25.8 Å². The number of rotatable bonds is 6. The van der Waals surface area contributed by atoms with Gasteiger partial charge < -0.3 is 15.5 Å². The van der Waals surface area contributed by atoms with Gasteiger partial charge in [0.25, 0.3) is 0 Å². The van der Waals surface area contributed by atoms with Crippen LogP contribution in [0.5, 0.6) is 0 Å². The molecule has 10 nitrogen and oxygen atoms in total. The van der Waals surface area contributed by atoms with E-state index in [2.05, 4.69) is 20.7 Å². The fourth-order valence-electron chi connectivity index (χ4n) is 5.95. The third kappa shape index (κ3) is 4.67. The number of piperidine rings is 1.